The van der Waals surface area contributed by atoms with Crippen LogP contribution in [0.15, 0.2) is 11.4 Å². The Morgan fingerprint density at radius 1 is 1.50 bits per heavy atom. The van der Waals surface area contributed by atoms with E-state index in [4.69, 9.17) is 10.5 Å². The molecule has 0 aliphatic heterocycles. The average molecular weight is 243 g/mol. The summed E-state index contributed by atoms with van der Waals surface area (Å²) in [5.41, 5.74) is 5.71. The Balaban J connectivity index is 2.70. The zero-order valence-electron chi connectivity index (χ0n) is 10.1. The molecule has 3 N–H and O–H groups in total. The second-order valence-corrected chi connectivity index (χ2v) is 5.40. The number of hydrogen-bond donors (Lipinski definition) is 2. The predicted molar refractivity (Wildman–Crippen MR) is 67.8 cm³/mol. The van der Waals surface area contributed by atoms with Crippen molar-refractivity contribution in [3.63, 3.8) is 0 Å². The fraction of sp³-hybridized carbons (Fsp3) is 0.667. The second-order valence-electron chi connectivity index (χ2n) is 4.46. The third-order valence-corrected chi connectivity index (χ3v) is 3.63. The molecule has 0 saturated heterocycles. The molecule has 0 amide bonds. The lowest BCUT2D eigenvalue weighted by atomic mass is 9.91. The molecule has 0 radical (unpaired) electrons. The highest BCUT2D eigenvalue weighted by Gasteiger charge is 2.22. The molecule has 2 unspecified atom stereocenters. The maximum Gasteiger partial charge on any atom is 0.129 e. The van der Waals surface area contributed by atoms with Crippen LogP contribution < -0.4 is 10.5 Å². The normalized spacial score (nSPS) is 15.1. The van der Waals surface area contributed by atoms with E-state index >= 15 is 0 Å². The van der Waals surface area contributed by atoms with Gasteiger partial charge in [0.25, 0.3) is 0 Å². The van der Waals surface area contributed by atoms with Crippen molar-refractivity contribution < 1.29 is 9.84 Å². The van der Waals surface area contributed by atoms with Gasteiger partial charge in [-0.05, 0) is 24.9 Å². The van der Waals surface area contributed by atoms with Gasteiger partial charge in [-0.3, -0.25) is 0 Å². The average Bonchev–Trinajstić information content (AvgIpc) is 2.73. The molecule has 0 fully saturated rings. The SMILES string of the molecule is COc1csc(C(O)C(CN)CC(C)C)c1. The monoisotopic (exact) mass is 243 g/mol. The van der Waals surface area contributed by atoms with Crippen LogP contribution in [0.4, 0.5) is 0 Å². The number of nitrogens with two attached hydrogens (primary N) is 1. The van der Waals surface area contributed by atoms with E-state index in [1.807, 2.05) is 11.4 Å². The molecule has 0 saturated carbocycles. The van der Waals surface area contributed by atoms with Gasteiger partial charge in [-0.1, -0.05) is 13.8 Å². The van der Waals surface area contributed by atoms with E-state index in [0.717, 1.165) is 17.0 Å². The maximum absolute atomic E-state index is 10.2. The van der Waals surface area contributed by atoms with Crippen molar-refractivity contribution in [3.05, 3.63) is 16.3 Å². The highest BCUT2D eigenvalue weighted by atomic mass is 32.1. The van der Waals surface area contributed by atoms with E-state index in [1.165, 1.54) is 11.3 Å². The first-order valence-electron chi connectivity index (χ1n) is 5.59. The van der Waals surface area contributed by atoms with Gasteiger partial charge in [0.2, 0.25) is 0 Å². The summed E-state index contributed by atoms with van der Waals surface area (Å²) in [6.45, 7) is 4.80. The number of rotatable bonds is 6. The van der Waals surface area contributed by atoms with Crippen LogP contribution in [0, 0.1) is 11.8 Å². The molecule has 92 valence electrons. The van der Waals surface area contributed by atoms with Crippen LogP contribution >= 0.6 is 11.3 Å². The minimum Gasteiger partial charge on any atom is -0.496 e. The molecule has 2 atom stereocenters. The molecule has 1 aromatic heterocycles. The van der Waals surface area contributed by atoms with Gasteiger partial charge in [0.1, 0.15) is 5.75 Å². The summed E-state index contributed by atoms with van der Waals surface area (Å²) in [7, 11) is 1.63. The third-order valence-electron chi connectivity index (χ3n) is 2.65. The molecule has 1 heterocycles. The maximum atomic E-state index is 10.2. The smallest absolute Gasteiger partial charge is 0.129 e. The Labute approximate surface area is 101 Å². The summed E-state index contributed by atoms with van der Waals surface area (Å²) in [6.07, 6.45) is 0.471. The summed E-state index contributed by atoms with van der Waals surface area (Å²) in [4.78, 5) is 0.938. The van der Waals surface area contributed by atoms with Gasteiger partial charge in [-0.15, -0.1) is 11.3 Å². The molecule has 0 aromatic carbocycles. The van der Waals surface area contributed by atoms with Gasteiger partial charge in [-0.25, -0.2) is 0 Å². The second kappa shape index (κ2) is 6.23. The van der Waals surface area contributed by atoms with Crippen LogP contribution in [0.3, 0.4) is 0 Å². The summed E-state index contributed by atoms with van der Waals surface area (Å²) in [6, 6.07) is 1.89. The first-order valence-corrected chi connectivity index (χ1v) is 6.47. The fourth-order valence-electron chi connectivity index (χ4n) is 1.79. The Hall–Kier alpha value is -0.580. The zero-order chi connectivity index (χ0) is 12.1. The summed E-state index contributed by atoms with van der Waals surface area (Å²) in [5.74, 6) is 1.48. The molecular formula is C12H21NO2S. The minimum atomic E-state index is -0.471. The first kappa shape index (κ1) is 13.5. The minimum absolute atomic E-state index is 0.128. The molecule has 4 heteroatoms. The number of methoxy groups -OCH3 is 1. The van der Waals surface area contributed by atoms with E-state index in [9.17, 15) is 5.11 Å². The fourth-order valence-corrected chi connectivity index (χ4v) is 2.72. The van der Waals surface area contributed by atoms with Gasteiger partial charge < -0.3 is 15.6 Å². The van der Waals surface area contributed by atoms with E-state index in [2.05, 4.69) is 13.8 Å². The number of thiophene rings is 1. The molecule has 0 aliphatic rings. The zero-order valence-corrected chi connectivity index (χ0v) is 11.0. The van der Waals surface area contributed by atoms with Crippen LogP contribution in [-0.4, -0.2) is 18.8 Å². The molecule has 0 aliphatic carbocycles. The largest absolute Gasteiger partial charge is 0.496 e. The van der Waals surface area contributed by atoms with Gasteiger partial charge >= 0.3 is 0 Å². The van der Waals surface area contributed by atoms with Gasteiger partial charge in [0, 0.05) is 16.2 Å². The quantitative estimate of drug-likeness (QED) is 0.806. The molecule has 0 bridgehead atoms. The van der Waals surface area contributed by atoms with Crippen molar-refractivity contribution >= 4 is 11.3 Å². The van der Waals surface area contributed by atoms with Crippen LogP contribution in [-0.2, 0) is 0 Å². The summed E-state index contributed by atoms with van der Waals surface area (Å²) < 4.78 is 5.11. The number of hydrogen-bond acceptors (Lipinski definition) is 4. The van der Waals surface area contributed by atoms with Crippen molar-refractivity contribution in [3.8, 4) is 5.75 Å². The lowest BCUT2D eigenvalue weighted by molar-refractivity contribution is 0.103. The molecule has 3 nitrogen and oxygen atoms in total. The van der Waals surface area contributed by atoms with Crippen LogP contribution in [0.5, 0.6) is 5.75 Å². The summed E-state index contributed by atoms with van der Waals surface area (Å²) >= 11 is 1.52. The van der Waals surface area contributed by atoms with Crippen LogP contribution in [0.25, 0.3) is 0 Å². The Kier molecular flexibility index (Phi) is 5.25. The van der Waals surface area contributed by atoms with Crippen molar-refractivity contribution in [2.24, 2.45) is 17.6 Å². The van der Waals surface area contributed by atoms with Crippen molar-refractivity contribution in [2.75, 3.05) is 13.7 Å². The Morgan fingerprint density at radius 3 is 2.62 bits per heavy atom. The third kappa shape index (κ3) is 3.47. The highest BCUT2D eigenvalue weighted by molar-refractivity contribution is 7.10. The summed E-state index contributed by atoms with van der Waals surface area (Å²) in [5, 5.41) is 12.1. The predicted octanol–water partition coefficient (Wildman–Crippen LogP) is 2.41. The Bertz CT molecular complexity index is 312. The number of aliphatic hydroxyl groups excluding tert-OH is 1. The lowest BCUT2D eigenvalue weighted by Gasteiger charge is -2.22. The van der Waals surface area contributed by atoms with E-state index in [0.29, 0.717) is 12.5 Å². The number of ether oxygens (including phenoxy) is 1. The van der Waals surface area contributed by atoms with Gasteiger partial charge in [0.05, 0.1) is 13.2 Å². The molecular weight excluding hydrogens is 222 g/mol. The molecule has 0 spiro atoms. The van der Waals surface area contributed by atoms with Crippen LogP contribution in [0.2, 0.25) is 0 Å². The van der Waals surface area contributed by atoms with E-state index in [1.54, 1.807) is 7.11 Å². The highest BCUT2D eigenvalue weighted by Crippen LogP contribution is 2.33. The van der Waals surface area contributed by atoms with E-state index in [-0.39, 0.29) is 5.92 Å². The van der Waals surface area contributed by atoms with Crippen molar-refractivity contribution in [1.29, 1.82) is 0 Å². The van der Waals surface area contributed by atoms with Gasteiger partial charge in [-0.2, -0.15) is 0 Å². The first-order chi connectivity index (χ1) is 7.58. The van der Waals surface area contributed by atoms with Crippen molar-refractivity contribution in [2.45, 2.75) is 26.4 Å². The molecule has 1 aromatic rings. The Morgan fingerprint density at radius 2 is 2.19 bits per heavy atom. The standard InChI is InChI=1S/C12H21NO2S/c1-8(2)4-9(6-13)12(14)11-5-10(15-3)7-16-11/h5,7-9,12,14H,4,6,13H2,1-3H3. The topological polar surface area (TPSA) is 55.5 Å². The molecule has 16 heavy (non-hydrogen) atoms. The van der Waals surface area contributed by atoms with Crippen LogP contribution in [0.1, 0.15) is 31.2 Å². The van der Waals surface area contributed by atoms with Crippen molar-refractivity contribution in [1.82, 2.24) is 0 Å². The molecule has 1 rings (SSSR count). The van der Waals surface area contributed by atoms with Gasteiger partial charge in [0.15, 0.2) is 0 Å². The lowest BCUT2D eigenvalue weighted by Crippen LogP contribution is -2.23. The van der Waals surface area contributed by atoms with E-state index < -0.39 is 6.10 Å². The number of aliphatic hydroxyl groups is 1.